The highest BCUT2D eigenvalue weighted by molar-refractivity contribution is 6.33. The van der Waals surface area contributed by atoms with Crippen LogP contribution in [0.5, 0.6) is 11.5 Å². The fourth-order valence-electron chi connectivity index (χ4n) is 2.06. The summed E-state index contributed by atoms with van der Waals surface area (Å²) >= 11 is 6.27. The van der Waals surface area contributed by atoms with Crippen molar-refractivity contribution in [2.75, 3.05) is 21.3 Å². The minimum atomic E-state index is 0.225. The lowest BCUT2D eigenvalue weighted by Gasteiger charge is -2.22. The van der Waals surface area contributed by atoms with E-state index >= 15 is 0 Å². The number of halogens is 1. The van der Waals surface area contributed by atoms with Crippen molar-refractivity contribution in [1.82, 2.24) is 5.32 Å². The van der Waals surface area contributed by atoms with Crippen LogP contribution >= 0.6 is 11.6 Å². The van der Waals surface area contributed by atoms with Gasteiger partial charge in [0.1, 0.15) is 16.5 Å². The van der Waals surface area contributed by atoms with Crippen LogP contribution in [0, 0.1) is 5.92 Å². The highest BCUT2D eigenvalue weighted by atomic mass is 35.5. The van der Waals surface area contributed by atoms with E-state index in [1.54, 1.807) is 14.2 Å². The largest absolute Gasteiger partial charge is 0.495 e. The molecule has 1 aromatic rings. The molecule has 0 heterocycles. The third-order valence-electron chi connectivity index (χ3n) is 2.95. The molecule has 0 aromatic heterocycles. The molecule has 0 aliphatic carbocycles. The zero-order valence-electron chi connectivity index (χ0n) is 11.7. The number of hydrogen-bond acceptors (Lipinski definition) is 3. The normalized spacial score (nSPS) is 12.6. The molecule has 0 fully saturated rings. The van der Waals surface area contributed by atoms with Crippen molar-refractivity contribution in [3.05, 3.63) is 22.7 Å². The molecule has 0 aliphatic heterocycles. The molecule has 0 bridgehead atoms. The summed E-state index contributed by atoms with van der Waals surface area (Å²) in [6.07, 6.45) is 1.02. The number of ether oxygens (including phenoxy) is 2. The highest BCUT2D eigenvalue weighted by Gasteiger charge is 2.20. The Morgan fingerprint density at radius 1 is 1.22 bits per heavy atom. The molecule has 0 saturated carbocycles. The minimum Gasteiger partial charge on any atom is -0.495 e. The van der Waals surface area contributed by atoms with Crippen molar-refractivity contribution >= 4 is 11.6 Å². The minimum absolute atomic E-state index is 0.225. The van der Waals surface area contributed by atoms with Crippen molar-refractivity contribution in [1.29, 1.82) is 0 Å². The van der Waals surface area contributed by atoms with E-state index in [0.717, 1.165) is 12.0 Å². The number of methoxy groups -OCH3 is 2. The van der Waals surface area contributed by atoms with Gasteiger partial charge in [-0.3, -0.25) is 0 Å². The topological polar surface area (TPSA) is 30.5 Å². The van der Waals surface area contributed by atoms with E-state index in [1.165, 1.54) is 0 Å². The van der Waals surface area contributed by atoms with Crippen LogP contribution in [0.25, 0.3) is 0 Å². The highest BCUT2D eigenvalue weighted by Crippen LogP contribution is 2.40. The van der Waals surface area contributed by atoms with Gasteiger partial charge in [-0.05, 0) is 31.5 Å². The number of benzene rings is 1. The Morgan fingerprint density at radius 3 is 2.33 bits per heavy atom. The van der Waals surface area contributed by atoms with E-state index in [9.17, 15) is 0 Å². The summed E-state index contributed by atoms with van der Waals surface area (Å²) in [6.45, 7) is 4.39. The lowest BCUT2D eigenvalue weighted by Crippen LogP contribution is -2.19. The Kier molecular flexibility index (Phi) is 5.76. The Balaban J connectivity index is 3.18. The van der Waals surface area contributed by atoms with Gasteiger partial charge in [-0.25, -0.2) is 0 Å². The summed E-state index contributed by atoms with van der Waals surface area (Å²) < 4.78 is 10.6. The van der Waals surface area contributed by atoms with E-state index in [1.807, 2.05) is 19.2 Å². The molecule has 102 valence electrons. The molecule has 0 radical (unpaired) electrons. The summed E-state index contributed by atoms with van der Waals surface area (Å²) in [5.41, 5.74) is 1.07. The maximum absolute atomic E-state index is 6.27. The van der Waals surface area contributed by atoms with Gasteiger partial charge >= 0.3 is 0 Å². The predicted octanol–water partition coefficient (Wildman–Crippen LogP) is 3.66. The smallest absolute Gasteiger partial charge is 0.146 e. The summed E-state index contributed by atoms with van der Waals surface area (Å²) in [4.78, 5) is 0. The van der Waals surface area contributed by atoms with Gasteiger partial charge in [0.25, 0.3) is 0 Å². The van der Waals surface area contributed by atoms with Crippen LogP contribution < -0.4 is 14.8 Å². The van der Waals surface area contributed by atoms with Crippen LogP contribution in [0.1, 0.15) is 31.9 Å². The lowest BCUT2D eigenvalue weighted by atomic mass is 9.96. The molecule has 0 spiro atoms. The van der Waals surface area contributed by atoms with Crippen LogP contribution in [0.2, 0.25) is 5.02 Å². The van der Waals surface area contributed by atoms with E-state index in [2.05, 4.69) is 19.2 Å². The zero-order chi connectivity index (χ0) is 13.7. The average molecular weight is 272 g/mol. The monoisotopic (exact) mass is 271 g/mol. The van der Waals surface area contributed by atoms with Gasteiger partial charge in [0, 0.05) is 11.6 Å². The van der Waals surface area contributed by atoms with Crippen molar-refractivity contribution in [3.63, 3.8) is 0 Å². The quantitative estimate of drug-likeness (QED) is 0.856. The molecule has 18 heavy (non-hydrogen) atoms. The molecule has 0 aliphatic rings. The van der Waals surface area contributed by atoms with Crippen molar-refractivity contribution in [2.45, 2.75) is 26.3 Å². The summed E-state index contributed by atoms with van der Waals surface area (Å²) in [7, 11) is 5.18. The molecule has 1 unspecified atom stereocenters. The Hall–Kier alpha value is -0.930. The number of nitrogens with one attached hydrogen (secondary N) is 1. The van der Waals surface area contributed by atoms with Gasteiger partial charge in [0.15, 0.2) is 0 Å². The van der Waals surface area contributed by atoms with E-state index in [-0.39, 0.29) is 6.04 Å². The zero-order valence-corrected chi connectivity index (χ0v) is 12.5. The molecule has 1 atom stereocenters. The first-order valence-electron chi connectivity index (χ1n) is 6.12. The standard InChI is InChI=1S/C14H22ClNO2/c1-9(2)8-11(16-3)10-6-7-12(17-4)13(15)14(10)18-5/h6-7,9,11,16H,8H2,1-5H3. The Morgan fingerprint density at radius 2 is 1.89 bits per heavy atom. The molecule has 3 nitrogen and oxygen atoms in total. The van der Waals surface area contributed by atoms with Gasteiger partial charge < -0.3 is 14.8 Å². The first-order valence-corrected chi connectivity index (χ1v) is 6.50. The SMILES string of the molecule is CNC(CC(C)C)c1ccc(OC)c(Cl)c1OC. The average Bonchev–Trinajstić information content (AvgIpc) is 2.35. The van der Waals surface area contributed by atoms with Gasteiger partial charge in [0.05, 0.1) is 14.2 Å². The van der Waals surface area contributed by atoms with Crippen LogP contribution in [-0.4, -0.2) is 21.3 Å². The van der Waals surface area contributed by atoms with Crippen LogP contribution in [-0.2, 0) is 0 Å². The van der Waals surface area contributed by atoms with Gasteiger partial charge in [-0.2, -0.15) is 0 Å². The predicted molar refractivity (Wildman–Crippen MR) is 75.8 cm³/mol. The molecule has 1 N–H and O–H groups in total. The van der Waals surface area contributed by atoms with E-state index < -0.39 is 0 Å². The van der Waals surface area contributed by atoms with Gasteiger partial charge in [-0.1, -0.05) is 25.4 Å². The molecule has 1 rings (SSSR count). The first kappa shape index (κ1) is 15.1. The molecular formula is C14H22ClNO2. The van der Waals surface area contributed by atoms with E-state index in [4.69, 9.17) is 21.1 Å². The summed E-state index contributed by atoms with van der Waals surface area (Å²) in [6, 6.07) is 4.11. The molecular weight excluding hydrogens is 250 g/mol. The number of hydrogen-bond donors (Lipinski definition) is 1. The fraction of sp³-hybridized carbons (Fsp3) is 0.571. The number of rotatable bonds is 6. The van der Waals surface area contributed by atoms with Crippen LogP contribution in [0.15, 0.2) is 12.1 Å². The second-order valence-corrected chi connectivity index (χ2v) is 5.05. The second kappa shape index (κ2) is 6.86. The lowest BCUT2D eigenvalue weighted by molar-refractivity contribution is 0.378. The van der Waals surface area contributed by atoms with Gasteiger partial charge in [-0.15, -0.1) is 0 Å². The van der Waals surface area contributed by atoms with Crippen molar-refractivity contribution in [3.8, 4) is 11.5 Å². The third-order valence-corrected chi connectivity index (χ3v) is 3.31. The van der Waals surface area contributed by atoms with Gasteiger partial charge in [0.2, 0.25) is 0 Å². The van der Waals surface area contributed by atoms with Crippen molar-refractivity contribution < 1.29 is 9.47 Å². The van der Waals surface area contributed by atoms with E-state index in [0.29, 0.717) is 22.4 Å². The maximum Gasteiger partial charge on any atom is 0.146 e. The van der Waals surface area contributed by atoms with Crippen LogP contribution in [0.3, 0.4) is 0 Å². The Bertz CT molecular complexity index is 394. The molecule has 0 amide bonds. The third kappa shape index (κ3) is 3.30. The Labute approximate surface area is 114 Å². The fourth-order valence-corrected chi connectivity index (χ4v) is 2.39. The molecule has 0 saturated heterocycles. The summed E-state index contributed by atoms with van der Waals surface area (Å²) in [5, 5.41) is 3.84. The van der Waals surface area contributed by atoms with Crippen LogP contribution in [0.4, 0.5) is 0 Å². The second-order valence-electron chi connectivity index (χ2n) is 4.68. The summed E-state index contributed by atoms with van der Waals surface area (Å²) in [5.74, 6) is 1.92. The molecule has 1 aromatic carbocycles. The molecule has 4 heteroatoms. The maximum atomic E-state index is 6.27. The van der Waals surface area contributed by atoms with Crippen molar-refractivity contribution in [2.24, 2.45) is 5.92 Å². The first-order chi connectivity index (χ1) is 8.54.